The maximum absolute atomic E-state index is 11.6. The molecular formula is C17H15ClN4O4. The van der Waals surface area contributed by atoms with Gasteiger partial charge >= 0.3 is 0 Å². The maximum Gasteiger partial charge on any atom is 0.284 e. The number of quaternary nitrogens is 1. The van der Waals surface area contributed by atoms with Gasteiger partial charge in [-0.1, -0.05) is 23.7 Å². The molecule has 8 nitrogen and oxygen atoms in total. The van der Waals surface area contributed by atoms with E-state index in [1.165, 1.54) is 0 Å². The normalized spacial score (nSPS) is 15.6. The minimum atomic E-state index is -0.406. The van der Waals surface area contributed by atoms with Gasteiger partial charge in [-0.2, -0.15) is 5.01 Å². The van der Waals surface area contributed by atoms with Crippen LogP contribution in [-0.2, 0) is 0 Å². The summed E-state index contributed by atoms with van der Waals surface area (Å²) in [6, 6.07) is 14.1. The van der Waals surface area contributed by atoms with Crippen molar-refractivity contribution in [1.82, 2.24) is 0 Å². The molecule has 0 fully saturated rings. The fraction of sp³-hybridized carbons (Fsp3) is 0.0588. The van der Waals surface area contributed by atoms with Gasteiger partial charge in [0.1, 0.15) is 11.4 Å². The van der Waals surface area contributed by atoms with Crippen molar-refractivity contribution in [3.8, 4) is 0 Å². The van der Waals surface area contributed by atoms with Gasteiger partial charge in [-0.25, -0.2) is 0 Å². The van der Waals surface area contributed by atoms with E-state index in [4.69, 9.17) is 11.6 Å². The summed E-state index contributed by atoms with van der Waals surface area (Å²) in [7, 11) is 0. The smallest absolute Gasteiger partial charge is 0.284 e. The number of hydrogen-bond donors (Lipinski definition) is 2. The number of aliphatic hydroxyl groups excluding tert-OH is 1. The first-order chi connectivity index (χ1) is 12.0. The maximum atomic E-state index is 11.6. The molecule has 26 heavy (non-hydrogen) atoms. The SMILES string of the molecule is CC1=C([N+](=O)[O-])c2ccccc2N2[NH2+]N(c3ccc(Cl)cc3)C(O)=C12.[OH-]. The molecule has 2 aliphatic rings. The highest BCUT2D eigenvalue weighted by molar-refractivity contribution is 6.30. The number of anilines is 2. The van der Waals surface area contributed by atoms with Gasteiger partial charge in [0.15, 0.2) is 5.70 Å². The number of nitrogens with zero attached hydrogens (tertiary/aromatic N) is 3. The Labute approximate surface area is 153 Å². The van der Waals surface area contributed by atoms with Gasteiger partial charge in [-0.15, -0.1) is 10.5 Å². The van der Waals surface area contributed by atoms with Gasteiger partial charge in [0.05, 0.1) is 16.1 Å². The van der Waals surface area contributed by atoms with E-state index < -0.39 is 4.92 Å². The number of fused-ring (bicyclic) bond motifs is 3. The minimum absolute atomic E-state index is 0. The summed E-state index contributed by atoms with van der Waals surface area (Å²) in [5.74, 6) is -0.0614. The van der Waals surface area contributed by atoms with Crippen LogP contribution in [0.4, 0.5) is 11.4 Å². The Bertz CT molecular complexity index is 955. The number of benzene rings is 2. The van der Waals surface area contributed by atoms with Gasteiger partial charge in [-0.3, -0.25) is 10.1 Å². The lowest BCUT2D eigenvalue weighted by Gasteiger charge is -2.24. The highest BCUT2D eigenvalue weighted by atomic mass is 35.5. The lowest BCUT2D eigenvalue weighted by atomic mass is 9.98. The van der Waals surface area contributed by atoms with E-state index in [2.05, 4.69) is 0 Å². The van der Waals surface area contributed by atoms with E-state index in [0.29, 0.717) is 33.2 Å². The largest absolute Gasteiger partial charge is 0.870 e. The van der Waals surface area contributed by atoms with Crippen LogP contribution in [0.1, 0.15) is 12.5 Å². The van der Waals surface area contributed by atoms with Crippen molar-refractivity contribution >= 4 is 28.7 Å². The zero-order chi connectivity index (χ0) is 17.7. The number of nitro groups is 1. The third kappa shape index (κ3) is 2.48. The first-order valence-corrected chi connectivity index (χ1v) is 7.94. The second kappa shape index (κ2) is 6.34. The third-order valence-electron chi connectivity index (χ3n) is 4.33. The van der Waals surface area contributed by atoms with Gasteiger partial charge in [-0.05, 0) is 43.3 Å². The monoisotopic (exact) mass is 374 g/mol. The zero-order valence-corrected chi connectivity index (χ0v) is 14.4. The molecule has 0 saturated heterocycles. The van der Waals surface area contributed by atoms with Crippen molar-refractivity contribution in [1.29, 1.82) is 0 Å². The van der Waals surface area contributed by atoms with Crippen molar-refractivity contribution in [3.63, 3.8) is 0 Å². The van der Waals surface area contributed by atoms with Crippen molar-refractivity contribution < 1.29 is 21.0 Å². The lowest BCUT2D eigenvalue weighted by Crippen LogP contribution is -2.99. The Balaban J connectivity index is 0.00000196. The molecule has 0 spiro atoms. The number of para-hydroxylation sites is 1. The van der Waals surface area contributed by atoms with Crippen LogP contribution in [0, 0.1) is 10.1 Å². The summed E-state index contributed by atoms with van der Waals surface area (Å²) in [5, 5.41) is 26.3. The van der Waals surface area contributed by atoms with E-state index in [1.807, 2.05) is 6.07 Å². The van der Waals surface area contributed by atoms with Gasteiger partial charge in [0.25, 0.3) is 11.6 Å². The predicted octanol–water partition coefficient (Wildman–Crippen LogP) is 2.63. The highest BCUT2D eigenvalue weighted by Gasteiger charge is 2.44. The average molecular weight is 375 g/mol. The van der Waals surface area contributed by atoms with Gasteiger partial charge < -0.3 is 10.6 Å². The Morgan fingerprint density at radius 1 is 1.12 bits per heavy atom. The van der Waals surface area contributed by atoms with E-state index >= 15 is 0 Å². The third-order valence-corrected chi connectivity index (χ3v) is 4.58. The first-order valence-electron chi connectivity index (χ1n) is 7.56. The van der Waals surface area contributed by atoms with Crippen LogP contribution in [-0.4, -0.2) is 15.5 Å². The summed E-state index contributed by atoms with van der Waals surface area (Å²) in [5.41, 5.74) is 4.41. The van der Waals surface area contributed by atoms with Crippen molar-refractivity contribution in [2.45, 2.75) is 6.92 Å². The molecule has 9 heteroatoms. The van der Waals surface area contributed by atoms with Crippen LogP contribution in [0.2, 0.25) is 5.02 Å². The molecule has 2 aliphatic heterocycles. The molecule has 2 aromatic rings. The first kappa shape index (κ1) is 17.7. The van der Waals surface area contributed by atoms with E-state index in [9.17, 15) is 15.2 Å². The van der Waals surface area contributed by atoms with Crippen LogP contribution >= 0.6 is 11.6 Å². The predicted molar refractivity (Wildman–Crippen MR) is 96.0 cm³/mol. The molecule has 0 saturated carbocycles. The summed E-state index contributed by atoms with van der Waals surface area (Å²) in [6.45, 7) is 1.64. The molecule has 0 amide bonds. The minimum Gasteiger partial charge on any atom is -0.870 e. The summed E-state index contributed by atoms with van der Waals surface area (Å²) in [4.78, 5) is 11.2. The molecule has 0 atom stereocenters. The van der Waals surface area contributed by atoms with Crippen molar-refractivity contribution in [2.75, 3.05) is 10.0 Å². The molecule has 134 valence electrons. The van der Waals surface area contributed by atoms with Crippen LogP contribution in [0.3, 0.4) is 0 Å². The molecule has 0 radical (unpaired) electrons. The average Bonchev–Trinajstić information content (AvgIpc) is 2.94. The Kier molecular flexibility index (Phi) is 4.33. The topological polar surface area (TPSA) is 116 Å². The van der Waals surface area contributed by atoms with Crippen LogP contribution in [0.25, 0.3) is 5.70 Å². The Morgan fingerprint density at radius 3 is 2.42 bits per heavy atom. The number of nitrogens with two attached hydrogens (primary N) is 1. The van der Waals surface area contributed by atoms with Gasteiger partial charge in [0.2, 0.25) is 0 Å². The number of rotatable bonds is 2. The lowest BCUT2D eigenvalue weighted by molar-refractivity contribution is -0.661. The zero-order valence-electron chi connectivity index (χ0n) is 13.6. The Hall–Kier alpha value is -3.07. The van der Waals surface area contributed by atoms with Crippen molar-refractivity contribution in [2.24, 2.45) is 0 Å². The molecule has 4 rings (SSSR count). The fourth-order valence-corrected chi connectivity index (χ4v) is 3.33. The number of allylic oxidation sites excluding steroid dienone is 1. The molecule has 2 heterocycles. The van der Waals surface area contributed by atoms with E-state index in [1.54, 1.807) is 64.9 Å². The molecule has 0 bridgehead atoms. The highest BCUT2D eigenvalue weighted by Crippen LogP contribution is 2.41. The summed E-state index contributed by atoms with van der Waals surface area (Å²) >= 11 is 5.92. The fourth-order valence-electron chi connectivity index (χ4n) is 3.20. The molecule has 0 aromatic heterocycles. The molecule has 0 unspecified atom stereocenters. The second-order valence-electron chi connectivity index (χ2n) is 5.75. The van der Waals surface area contributed by atoms with Crippen molar-refractivity contribution in [3.05, 3.63) is 86.4 Å². The number of halogens is 1. The quantitative estimate of drug-likeness (QED) is 0.474. The van der Waals surface area contributed by atoms with Crippen LogP contribution in [0.5, 0.6) is 0 Å². The Morgan fingerprint density at radius 2 is 1.77 bits per heavy atom. The van der Waals surface area contributed by atoms with Crippen LogP contribution < -0.4 is 15.6 Å². The van der Waals surface area contributed by atoms with E-state index in [0.717, 1.165) is 0 Å². The summed E-state index contributed by atoms with van der Waals surface area (Å²) < 4.78 is 0. The van der Waals surface area contributed by atoms with Crippen LogP contribution in [0.15, 0.2) is 65.7 Å². The summed E-state index contributed by atoms with van der Waals surface area (Å²) in [6.07, 6.45) is 0. The number of aliphatic hydroxyl groups is 1. The molecule has 2 aromatic carbocycles. The molecule has 4 N–H and O–H groups in total. The van der Waals surface area contributed by atoms with Gasteiger partial charge in [0, 0.05) is 5.02 Å². The van der Waals surface area contributed by atoms with E-state index in [-0.39, 0.29) is 17.1 Å². The number of hydrogen-bond acceptors (Lipinski definition) is 6. The second-order valence-corrected chi connectivity index (χ2v) is 6.19. The molecule has 0 aliphatic carbocycles. The standard InChI is InChI=1S/C17H13ClN4O3.H2O/c1-10-15(22(24)25)13-4-2-3-5-14(13)21-16(10)17(23)20(19-21)12-8-6-11(18)7-9-12;/h2-9,19,23H,1H3;1H2. The molecular weight excluding hydrogens is 360 g/mol.